The van der Waals surface area contributed by atoms with Crippen molar-refractivity contribution in [2.24, 2.45) is 0 Å². The molecule has 1 aromatic heterocycles. The number of rotatable bonds is 3. The zero-order valence-electron chi connectivity index (χ0n) is 10.5. The van der Waals surface area contributed by atoms with E-state index < -0.39 is 0 Å². The van der Waals surface area contributed by atoms with Gasteiger partial charge in [0.05, 0.1) is 16.6 Å². The highest BCUT2D eigenvalue weighted by molar-refractivity contribution is 14.1. The maximum atomic E-state index is 12.0. The molecular formula is C15H11IN2O2. The minimum atomic E-state index is -0.338. The topological polar surface area (TPSA) is 55.0 Å². The van der Waals surface area contributed by atoms with E-state index in [-0.39, 0.29) is 5.97 Å². The standard InChI is InChI=1S/C15H11IN2O2/c16-9-20-15(19)11-6-2-1-5-10(11)14-17-12-7-3-4-8-13(12)18-14/h1-8H,9H2,(H,17,18). The summed E-state index contributed by atoms with van der Waals surface area (Å²) in [4.78, 5) is 19.7. The summed E-state index contributed by atoms with van der Waals surface area (Å²) >= 11 is 2.00. The first-order valence-corrected chi connectivity index (χ1v) is 7.59. The lowest BCUT2D eigenvalue weighted by Gasteiger charge is -2.05. The summed E-state index contributed by atoms with van der Waals surface area (Å²) in [5.41, 5.74) is 3.08. The lowest BCUT2D eigenvalue weighted by Crippen LogP contribution is -2.05. The Kier molecular flexibility index (Phi) is 3.68. The van der Waals surface area contributed by atoms with Crippen molar-refractivity contribution in [3.8, 4) is 11.4 Å². The van der Waals surface area contributed by atoms with Crippen LogP contribution in [0.15, 0.2) is 48.5 Å². The van der Waals surface area contributed by atoms with Crippen molar-refractivity contribution in [1.29, 1.82) is 0 Å². The number of nitrogens with zero attached hydrogens (tertiary/aromatic N) is 1. The van der Waals surface area contributed by atoms with Crippen molar-refractivity contribution in [1.82, 2.24) is 9.97 Å². The number of aromatic nitrogens is 2. The van der Waals surface area contributed by atoms with Gasteiger partial charge in [0.2, 0.25) is 0 Å². The van der Waals surface area contributed by atoms with E-state index in [4.69, 9.17) is 4.74 Å². The molecule has 0 saturated carbocycles. The smallest absolute Gasteiger partial charge is 0.339 e. The Morgan fingerprint density at radius 2 is 1.90 bits per heavy atom. The Hall–Kier alpha value is -1.89. The van der Waals surface area contributed by atoms with Crippen molar-refractivity contribution >= 4 is 39.6 Å². The third-order valence-corrected chi connectivity index (χ3v) is 3.29. The number of halogens is 1. The predicted molar refractivity (Wildman–Crippen MR) is 85.8 cm³/mol. The van der Waals surface area contributed by atoms with Gasteiger partial charge in [-0.25, -0.2) is 9.78 Å². The van der Waals surface area contributed by atoms with Crippen LogP contribution in [0.1, 0.15) is 10.4 Å². The Morgan fingerprint density at radius 3 is 2.70 bits per heavy atom. The number of ether oxygens (including phenoxy) is 1. The van der Waals surface area contributed by atoms with Crippen molar-refractivity contribution in [3.05, 3.63) is 54.1 Å². The van der Waals surface area contributed by atoms with Gasteiger partial charge in [0.15, 0.2) is 0 Å². The van der Waals surface area contributed by atoms with Crippen LogP contribution in [0.3, 0.4) is 0 Å². The highest BCUT2D eigenvalue weighted by Crippen LogP contribution is 2.24. The number of hydrogen-bond acceptors (Lipinski definition) is 3. The number of alkyl halides is 1. The number of carbonyl (C=O) groups is 1. The van der Waals surface area contributed by atoms with Gasteiger partial charge >= 0.3 is 5.97 Å². The number of H-pyrrole nitrogens is 1. The van der Waals surface area contributed by atoms with Gasteiger partial charge < -0.3 is 9.72 Å². The van der Waals surface area contributed by atoms with Crippen LogP contribution < -0.4 is 0 Å². The van der Waals surface area contributed by atoms with E-state index in [9.17, 15) is 4.79 Å². The van der Waals surface area contributed by atoms with Crippen molar-refractivity contribution in [2.75, 3.05) is 4.61 Å². The van der Waals surface area contributed by atoms with Crippen LogP contribution in [0, 0.1) is 0 Å². The summed E-state index contributed by atoms with van der Waals surface area (Å²) in [6.45, 7) is 0. The molecule has 3 aromatic rings. The number of fused-ring (bicyclic) bond motifs is 1. The largest absolute Gasteiger partial charge is 0.451 e. The first kappa shape index (κ1) is 13.1. The van der Waals surface area contributed by atoms with Gasteiger partial charge in [-0.2, -0.15) is 0 Å². The number of hydrogen-bond donors (Lipinski definition) is 1. The summed E-state index contributed by atoms with van der Waals surface area (Å²) in [5.74, 6) is 0.336. The van der Waals surface area contributed by atoms with E-state index >= 15 is 0 Å². The van der Waals surface area contributed by atoms with Gasteiger partial charge in [0.1, 0.15) is 10.4 Å². The summed E-state index contributed by atoms with van der Waals surface area (Å²) in [6, 6.07) is 15.1. The molecule has 0 atom stereocenters. The molecule has 0 fully saturated rings. The van der Waals surface area contributed by atoms with E-state index in [0.717, 1.165) is 16.6 Å². The molecule has 1 N–H and O–H groups in total. The molecule has 0 radical (unpaired) electrons. The molecule has 4 nitrogen and oxygen atoms in total. The van der Waals surface area contributed by atoms with Crippen LogP contribution in [0.4, 0.5) is 0 Å². The van der Waals surface area contributed by atoms with Gasteiger partial charge in [-0.1, -0.05) is 30.3 Å². The maximum absolute atomic E-state index is 12.0. The van der Waals surface area contributed by atoms with Crippen molar-refractivity contribution < 1.29 is 9.53 Å². The van der Waals surface area contributed by atoms with E-state index in [1.165, 1.54) is 0 Å². The number of nitrogens with one attached hydrogen (secondary N) is 1. The van der Waals surface area contributed by atoms with Crippen LogP contribution in [0.5, 0.6) is 0 Å². The lowest BCUT2D eigenvalue weighted by molar-refractivity contribution is 0.0591. The summed E-state index contributed by atoms with van der Waals surface area (Å²) in [5, 5.41) is 0. The Balaban J connectivity index is 2.11. The Labute approximate surface area is 129 Å². The average molecular weight is 378 g/mol. The predicted octanol–water partition coefficient (Wildman–Crippen LogP) is 3.78. The van der Waals surface area contributed by atoms with Gasteiger partial charge in [-0.3, -0.25) is 0 Å². The number of esters is 1. The normalized spacial score (nSPS) is 10.7. The second-order valence-electron chi connectivity index (χ2n) is 4.19. The summed E-state index contributed by atoms with van der Waals surface area (Å²) < 4.78 is 5.39. The fraction of sp³-hybridized carbons (Fsp3) is 0.0667. The fourth-order valence-corrected chi connectivity index (χ4v) is 2.36. The molecule has 3 rings (SSSR count). The number of para-hydroxylation sites is 2. The third-order valence-electron chi connectivity index (χ3n) is 2.98. The molecule has 0 aliphatic carbocycles. The minimum Gasteiger partial charge on any atom is -0.451 e. The highest BCUT2D eigenvalue weighted by Gasteiger charge is 2.15. The Bertz CT molecular complexity index is 734. The van der Waals surface area contributed by atoms with Crippen molar-refractivity contribution in [3.63, 3.8) is 0 Å². The molecule has 0 spiro atoms. The third kappa shape index (κ3) is 2.40. The first-order chi connectivity index (χ1) is 9.79. The quantitative estimate of drug-likeness (QED) is 0.429. The molecule has 20 heavy (non-hydrogen) atoms. The zero-order chi connectivity index (χ0) is 13.9. The molecule has 0 unspecified atom stereocenters. The van der Waals surface area contributed by atoms with Crippen LogP contribution in [0.25, 0.3) is 22.4 Å². The maximum Gasteiger partial charge on any atom is 0.339 e. The average Bonchev–Trinajstić information content (AvgIpc) is 2.91. The van der Waals surface area contributed by atoms with Crippen LogP contribution in [0.2, 0.25) is 0 Å². The highest BCUT2D eigenvalue weighted by atomic mass is 127. The minimum absolute atomic E-state index is 0.324. The fourth-order valence-electron chi connectivity index (χ4n) is 2.08. The van der Waals surface area contributed by atoms with Crippen LogP contribution in [-0.2, 0) is 4.74 Å². The molecule has 0 saturated heterocycles. The van der Waals surface area contributed by atoms with Crippen LogP contribution >= 0.6 is 22.6 Å². The molecule has 2 aromatic carbocycles. The van der Waals surface area contributed by atoms with E-state index in [1.807, 2.05) is 65.1 Å². The Morgan fingerprint density at radius 1 is 1.15 bits per heavy atom. The zero-order valence-corrected chi connectivity index (χ0v) is 12.6. The molecule has 0 bridgehead atoms. The van der Waals surface area contributed by atoms with Gasteiger partial charge in [0, 0.05) is 5.56 Å². The van der Waals surface area contributed by atoms with E-state index in [1.54, 1.807) is 6.07 Å². The molecule has 5 heteroatoms. The van der Waals surface area contributed by atoms with Gasteiger partial charge in [-0.15, -0.1) is 0 Å². The molecule has 0 amide bonds. The lowest BCUT2D eigenvalue weighted by atomic mass is 10.1. The SMILES string of the molecule is O=C(OCI)c1ccccc1-c1nc2ccccc2[nH]1. The molecule has 1 heterocycles. The second-order valence-corrected chi connectivity index (χ2v) is 4.81. The molecular weight excluding hydrogens is 367 g/mol. The molecule has 0 aliphatic rings. The first-order valence-electron chi connectivity index (χ1n) is 6.07. The molecule has 100 valence electrons. The number of aromatic amines is 1. The number of imidazole rings is 1. The van der Waals surface area contributed by atoms with E-state index in [0.29, 0.717) is 16.0 Å². The summed E-state index contributed by atoms with van der Waals surface area (Å²) in [6.07, 6.45) is 0. The van der Waals surface area contributed by atoms with Gasteiger partial charge in [-0.05, 0) is 40.8 Å². The van der Waals surface area contributed by atoms with Crippen LogP contribution in [-0.4, -0.2) is 20.6 Å². The van der Waals surface area contributed by atoms with Crippen molar-refractivity contribution in [2.45, 2.75) is 0 Å². The number of benzene rings is 2. The monoisotopic (exact) mass is 378 g/mol. The van der Waals surface area contributed by atoms with E-state index in [2.05, 4.69) is 9.97 Å². The second kappa shape index (κ2) is 5.62. The molecule has 0 aliphatic heterocycles. The summed E-state index contributed by atoms with van der Waals surface area (Å²) in [7, 11) is 0. The number of carbonyl (C=O) groups excluding carboxylic acids is 1. The van der Waals surface area contributed by atoms with Gasteiger partial charge in [0.25, 0.3) is 0 Å².